The molecule has 1 saturated heterocycles. The van der Waals surface area contributed by atoms with E-state index in [0.717, 1.165) is 17.3 Å². The average molecular weight is 361 g/mol. The summed E-state index contributed by atoms with van der Waals surface area (Å²) in [6.45, 7) is 1.08. The smallest absolute Gasteiger partial charge is 0.395 e. The maximum Gasteiger partial charge on any atom is 0.433 e. The highest BCUT2D eigenvalue weighted by Crippen LogP contribution is 2.19. The standard InChI is InChI=1S/C17H16FN3O5/c18-13-3-1-12(2-4-13)11-25-19-14-7-9-20(10-8-14)17(22)15-5-6-16(26-15)21(23)24/h1-6H,7-11H2. The summed E-state index contributed by atoms with van der Waals surface area (Å²) in [5.74, 6) is -1.20. The predicted octanol–water partition coefficient (Wildman–Crippen LogP) is 3.14. The van der Waals surface area contributed by atoms with Gasteiger partial charge in [-0.2, -0.15) is 0 Å². The van der Waals surface area contributed by atoms with Crippen molar-refractivity contribution in [3.05, 3.63) is 63.7 Å². The summed E-state index contributed by atoms with van der Waals surface area (Å²) >= 11 is 0. The Balaban J connectivity index is 1.49. The van der Waals surface area contributed by atoms with E-state index in [1.807, 2.05) is 0 Å². The number of hydrogen-bond donors (Lipinski definition) is 0. The highest BCUT2D eigenvalue weighted by Gasteiger charge is 2.25. The maximum atomic E-state index is 12.8. The van der Waals surface area contributed by atoms with Crippen LogP contribution in [0.1, 0.15) is 29.0 Å². The number of rotatable bonds is 5. The van der Waals surface area contributed by atoms with Gasteiger partial charge in [-0.05, 0) is 23.8 Å². The lowest BCUT2D eigenvalue weighted by Crippen LogP contribution is -2.38. The van der Waals surface area contributed by atoms with Crippen LogP contribution in [0.15, 0.2) is 46.0 Å². The number of amides is 1. The van der Waals surface area contributed by atoms with Crippen LogP contribution in [0.4, 0.5) is 10.3 Å². The summed E-state index contributed by atoms with van der Waals surface area (Å²) < 4.78 is 17.8. The van der Waals surface area contributed by atoms with Crippen LogP contribution in [-0.2, 0) is 11.4 Å². The molecule has 26 heavy (non-hydrogen) atoms. The molecule has 136 valence electrons. The molecule has 0 radical (unpaired) electrons. The van der Waals surface area contributed by atoms with E-state index in [-0.39, 0.29) is 24.1 Å². The Morgan fingerprint density at radius 3 is 2.54 bits per heavy atom. The summed E-state index contributed by atoms with van der Waals surface area (Å²) in [4.78, 5) is 29.0. The van der Waals surface area contributed by atoms with Crippen molar-refractivity contribution in [2.75, 3.05) is 13.1 Å². The number of oxime groups is 1. The fraction of sp³-hybridized carbons (Fsp3) is 0.294. The molecule has 0 aliphatic carbocycles. The second-order valence-electron chi connectivity index (χ2n) is 5.74. The van der Waals surface area contributed by atoms with E-state index in [2.05, 4.69) is 5.16 Å². The molecular formula is C17H16FN3O5. The van der Waals surface area contributed by atoms with Crippen molar-refractivity contribution >= 4 is 17.5 Å². The van der Waals surface area contributed by atoms with Crippen LogP contribution in [0.2, 0.25) is 0 Å². The predicted molar refractivity (Wildman–Crippen MR) is 89.1 cm³/mol. The first-order chi connectivity index (χ1) is 12.5. The fourth-order valence-electron chi connectivity index (χ4n) is 2.53. The number of furan rings is 1. The molecule has 1 fully saturated rings. The Morgan fingerprint density at radius 2 is 1.92 bits per heavy atom. The van der Waals surface area contributed by atoms with Crippen LogP contribution in [0, 0.1) is 15.9 Å². The molecule has 1 aliphatic heterocycles. The van der Waals surface area contributed by atoms with E-state index in [1.165, 1.54) is 18.2 Å². The molecule has 8 nitrogen and oxygen atoms in total. The molecule has 9 heteroatoms. The molecule has 0 bridgehead atoms. The summed E-state index contributed by atoms with van der Waals surface area (Å²) in [7, 11) is 0. The van der Waals surface area contributed by atoms with E-state index in [1.54, 1.807) is 17.0 Å². The molecule has 1 amide bonds. The van der Waals surface area contributed by atoms with Gasteiger partial charge in [0.1, 0.15) is 17.3 Å². The maximum absolute atomic E-state index is 12.8. The Labute approximate surface area is 148 Å². The number of halogens is 1. The number of nitro groups is 1. The van der Waals surface area contributed by atoms with Gasteiger partial charge < -0.3 is 14.2 Å². The van der Waals surface area contributed by atoms with Gasteiger partial charge in [-0.1, -0.05) is 17.3 Å². The van der Waals surface area contributed by atoms with E-state index in [9.17, 15) is 19.3 Å². The van der Waals surface area contributed by atoms with Crippen molar-refractivity contribution in [2.24, 2.45) is 5.16 Å². The first-order valence-electron chi connectivity index (χ1n) is 7.98. The quantitative estimate of drug-likeness (QED) is 0.602. The lowest BCUT2D eigenvalue weighted by molar-refractivity contribution is -0.402. The Hall–Kier alpha value is -3.23. The van der Waals surface area contributed by atoms with Gasteiger partial charge in [0.2, 0.25) is 0 Å². The second-order valence-corrected chi connectivity index (χ2v) is 5.74. The van der Waals surface area contributed by atoms with E-state index in [4.69, 9.17) is 9.25 Å². The minimum atomic E-state index is -0.684. The summed E-state index contributed by atoms with van der Waals surface area (Å²) in [6.07, 6.45) is 1.08. The number of piperidine rings is 1. The fourth-order valence-corrected chi connectivity index (χ4v) is 2.53. The largest absolute Gasteiger partial charge is 0.433 e. The Morgan fingerprint density at radius 1 is 1.23 bits per heavy atom. The highest BCUT2D eigenvalue weighted by molar-refractivity contribution is 5.94. The first-order valence-corrected chi connectivity index (χ1v) is 7.98. The molecule has 0 unspecified atom stereocenters. The van der Waals surface area contributed by atoms with Crippen molar-refractivity contribution in [1.29, 1.82) is 0 Å². The van der Waals surface area contributed by atoms with Crippen LogP contribution >= 0.6 is 0 Å². The molecule has 0 spiro atoms. The third kappa shape index (κ3) is 4.24. The zero-order valence-electron chi connectivity index (χ0n) is 13.8. The number of likely N-dealkylation sites (tertiary alicyclic amines) is 1. The zero-order chi connectivity index (χ0) is 18.5. The molecule has 0 saturated carbocycles. The van der Waals surface area contributed by atoms with Gasteiger partial charge in [-0.25, -0.2) is 4.39 Å². The lowest BCUT2D eigenvalue weighted by Gasteiger charge is -2.26. The Bertz CT molecular complexity index is 821. The van der Waals surface area contributed by atoms with Crippen molar-refractivity contribution in [2.45, 2.75) is 19.4 Å². The van der Waals surface area contributed by atoms with Crippen molar-refractivity contribution < 1.29 is 23.4 Å². The normalized spacial score (nSPS) is 14.2. The van der Waals surface area contributed by atoms with Gasteiger partial charge >= 0.3 is 5.88 Å². The minimum Gasteiger partial charge on any atom is -0.395 e. The molecule has 1 aromatic heterocycles. The van der Waals surface area contributed by atoms with Crippen LogP contribution in [-0.4, -0.2) is 34.5 Å². The highest BCUT2D eigenvalue weighted by atomic mass is 19.1. The number of carbonyl (C=O) groups excluding carboxylic acids is 1. The van der Waals surface area contributed by atoms with Crippen LogP contribution in [0.3, 0.4) is 0 Å². The minimum absolute atomic E-state index is 0.0513. The van der Waals surface area contributed by atoms with E-state index < -0.39 is 10.8 Å². The third-order valence-corrected chi connectivity index (χ3v) is 3.95. The molecule has 2 aromatic rings. The third-order valence-electron chi connectivity index (χ3n) is 3.95. The van der Waals surface area contributed by atoms with Gasteiger partial charge in [0, 0.05) is 25.9 Å². The van der Waals surface area contributed by atoms with Crippen LogP contribution in [0.5, 0.6) is 0 Å². The monoisotopic (exact) mass is 361 g/mol. The van der Waals surface area contributed by atoms with Crippen molar-refractivity contribution in [3.8, 4) is 0 Å². The van der Waals surface area contributed by atoms with Crippen molar-refractivity contribution in [3.63, 3.8) is 0 Å². The molecule has 0 atom stereocenters. The zero-order valence-corrected chi connectivity index (χ0v) is 13.8. The van der Waals surface area contributed by atoms with Crippen LogP contribution < -0.4 is 0 Å². The first kappa shape index (κ1) is 17.6. The number of carbonyl (C=O) groups is 1. The van der Waals surface area contributed by atoms with Gasteiger partial charge in [-0.15, -0.1) is 0 Å². The van der Waals surface area contributed by atoms with E-state index in [0.29, 0.717) is 25.9 Å². The summed E-state index contributed by atoms with van der Waals surface area (Å²) in [5.41, 5.74) is 1.63. The molecular weight excluding hydrogens is 345 g/mol. The summed E-state index contributed by atoms with van der Waals surface area (Å²) in [6, 6.07) is 8.42. The Kier molecular flexibility index (Phi) is 5.26. The van der Waals surface area contributed by atoms with Crippen LogP contribution in [0.25, 0.3) is 0 Å². The van der Waals surface area contributed by atoms with Gasteiger partial charge in [0.15, 0.2) is 5.76 Å². The topological polar surface area (TPSA) is 98.2 Å². The number of hydrogen-bond acceptors (Lipinski definition) is 6. The van der Waals surface area contributed by atoms with Gasteiger partial charge in [-0.3, -0.25) is 14.9 Å². The van der Waals surface area contributed by atoms with E-state index >= 15 is 0 Å². The number of benzene rings is 1. The van der Waals surface area contributed by atoms with Gasteiger partial charge in [0.25, 0.3) is 5.91 Å². The molecule has 0 N–H and O–H groups in total. The molecule has 3 rings (SSSR count). The van der Waals surface area contributed by atoms with Gasteiger partial charge in [0.05, 0.1) is 11.8 Å². The molecule has 2 heterocycles. The summed E-state index contributed by atoms with van der Waals surface area (Å²) in [5, 5.41) is 14.7. The van der Waals surface area contributed by atoms with Crippen molar-refractivity contribution in [1.82, 2.24) is 4.90 Å². The second kappa shape index (κ2) is 7.77. The SMILES string of the molecule is O=C(c1ccc([N+](=O)[O-])o1)N1CCC(=NOCc2ccc(F)cc2)CC1. The molecule has 1 aromatic carbocycles. The molecule has 1 aliphatic rings. The lowest BCUT2D eigenvalue weighted by atomic mass is 10.1. The average Bonchev–Trinajstić information content (AvgIpc) is 3.14. The number of nitrogens with zero attached hydrogens (tertiary/aromatic N) is 3.